The Kier molecular flexibility index (Phi) is 6.21. The Bertz CT molecular complexity index is 476. The summed E-state index contributed by atoms with van der Waals surface area (Å²) in [7, 11) is 0. The molecule has 1 heterocycles. The van der Waals surface area contributed by atoms with Crippen LogP contribution in [0.4, 0.5) is 5.69 Å². The summed E-state index contributed by atoms with van der Waals surface area (Å²) in [6.45, 7) is 11.4. The first kappa shape index (κ1) is 17.4. The lowest BCUT2D eigenvalue weighted by molar-refractivity contribution is 0.310. The van der Waals surface area contributed by atoms with E-state index in [0.717, 1.165) is 24.0 Å². The number of hydrogen-bond acceptors (Lipinski definition) is 2. The minimum absolute atomic E-state index is 0.545. The summed E-state index contributed by atoms with van der Waals surface area (Å²) in [6, 6.07) is 7.37. The first-order chi connectivity index (χ1) is 9.88. The van der Waals surface area contributed by atoms with E-state index in [-0.39, 0.29) is 0 Å². The maximum Gasteiger partial charge on any atom is 0.0506 e. The van der Waals surface area contributed by atoms with Crippen molar-refractivity contribution in [2.24, 2.45) is 11.8 Å². The second-order valence-corrected chi connectivity index (χ2v) is 8.39. The van der Waals surface area contributed by atoms with Crippen molar-refractivity contribution in [3.05, 3.63) is 26.8 Å². The average molecular weight is 421 g/mol. The summed E-state index contributed by atoms with van der Waals surface area (Å²) in [6.07, 6.45) is 1.23. The molecule has 1 saturated heterocycles. The number of anilines is 1. The average Bonchev–Trinajstić information content (AvgIpc) is 2.37. The number of rotatable bonds is 4. The van der Waals surface area contributed by atoms with Crippen LogP contribution in [0.2, 0.25) is 5.02 Å². The molecule has 1 aromatic carbocycles. The van der Waals surface area contributed by atoms with Gasteiger partial charge in [0, 0.05) is 33.8 Å². The number of halogens is 2. The van der Waals surface area contributed by atoms with Gasteiger partial charge in [-0.1, -0.05) is 39.3 Å². The predicted octanol–water partition coefficient (Wildman–Crippen LogP) is 4.79. The second kappa shape index (κ2) is 7.51. The zero-order valence-corrected chi connectivity index (χ0v) is 16.3. The zero-order chi connectivity index (χ0) is 15.6. The van der Waals surface area contributed by atoms with Gasteiger partial charge in [-0.15, -0.1) is 0 Å². The van der Waals surface area contributed by atoms with E-state index in [0.29, 0.717) is 18.0 Å². The van der Waals surface area contributed by atoms with Gasteiger partial charge >= 0.3 is 0 Å². The normalized spacial score (nSPS) is 23.1. The molecule has 0 radical (unpaired) electrons. The highest BCUT2D eigenvalue weighted by Crippen LogP contribution is 2.31. The molecule has 0 spiro atoms. The van der Waals surface area contributed by atoms with Gasteiger partial charge in [-0.05, 0) is 59.0 Å². The van der Waals surface area contributed by atoms with E-state index in [1.165, 1.54) is 15.7 Å². The van der Waals surface area contributed by atoms with E-state index in [1.54, 1.807) is 0 Å². The molecule has 2 unspecified atom stereocenters. The highest BCUT2D eigenvalue weighted by atomic mass is 127. The minimum atomic E-state index is 0.545. The van der Waals surface area contributed by atoms with Crippen LogP contribution in [0.3, 0.4) is 0 Å². The smallest absolute Gasteiger partial charge is 0.0506 e. The van der Waals surface area contributed by atoms with E-state index in [1.807, 2.05) is 6.07 Å². The van der Waals surface area contributed by atoms with Gasteiger partial charge < -0.3 is 10.2 Å². The monoisotopic (exact) mass is 420 g/mol. The number of piperazine rings is 1. The molecule has 1 fully saturated rings. The maximum atomic E-state index is 6.12. The molecule has 1 aromatic rings. The molecule has 1 aliphatic rings. The highest BCUT2D eigenvalue weighted by molar-refractivity contribution is 14.1. The van der Waals surface area contributed by atoms with Crippen molar-refractivity contribution in [2.45, 2.75) is 46.2 Å². The summed E-state index contributed by atoms with van der Waals surface area (Å²) >= 11 is 8.52. The molecule has 2 nitrogen and oxygen atoms in total. The van der Waals surface area contributed by atoms with Crippen LogP contribution >= 0.6 is 34.2 Å². The van der Waals surface area contributed by atoms with E-state index < -0.39 is 0 Å². The standard InChI is InChI=1S/C17H26ClIN2/c1-11(2)7-14-10-21(17(9-20-14)12(3)4)16-6-5-13(18)8-15(16)19/h5-6,8,11-12,14,17,20H,7,9-10H2,1-4H3. The molecule has 1 N–H and O–H groups in total. The largest absolute Gasteiger partial charge is 0.365 e. The topological polar surface area (TPSA) is 15.3 Å². The van der Waals surface area contributed by atoms with Gasteiger partial charge in [-0.25, -0.2) is 0 Å². The van der Waals surface area contributed by atoms with Gasteiger partial charge in [-0.3, -0.25) is 0 Å². The summed E-state index contributed by atoms with van der Waals surface area (Å²) < 4.78 is 1.25. The molecule has 2 rings (SSSR count). The van der Waals surface area contributed by atoms with E-state index in [2.05, 4.69) is 72.6 Å². The van der Waals surface area contributed by atoms with Crippen LogP contribution < -0.4 is 10.2 Å². The van der Waals surface area contributed by atoms with Crippen LogP contribution in [-0.2, 0) is 0 Å². The fourth-order valence-electron chi connectivity index (χ4n) is 3.15. The third-order valence-electron chi connectivity index (χ3n) is 4.18. The van der Waals surface area contributed by atoms with Crippen molar-refractivity contribution >= 4 is 39.9 Å². The van der Waals surface area contributed by atoms with E-state index in [4.69, 9.17) is 11.6 Å². The fourth-order valence-corrected chi connectivity index (χ4v) is 4.33. The Labute approximate surface area is 147 Å². The molecular weight excluding hydrogens is 395 g/mol. The highest BCUT2D eigenvalue weighted by Gasteiger charge is 2.31. The van der Waals surface area contributed by atoms with Gasteiger partial charge in [0.1, 0.15) is 0 Å². The summed E-state index contributed by atoms with van der Waals surface area (Å²) in [5.74, 6) is 1.35. The predicted molar refractivity (Wildman–Crippen MR) is 101 cm³/mol. The van der Waals surface area contributed by atoms with Gasteiger partial charge in [0.25, 0.3) is 0 Å². The molecule has 0 aromatic heterocycles. The third-order valence-corrected chi connectivity index (χ3v) is 5.28. The van der Waals surface area contributed by atoms with Crippen molar-refractivity contribution < 1.29 is 0 Å². The number of nitrogens with one attached hydrogen (secondary N) is 1. The van der Waals surface area contributed by atoms with Crippen LogP contribution in [0.25, 0.3) is 0 Å². The van der Waals surface area contributed by atoms with Gasteiger partial charge in [-0.2, -0.15) is 0 Å². The molecule has 2 atom stereocenters. The number of nitrogens with zero attached hydrogens (tertiary/aromatic N) is 1. The van der Waals surface area contributed by atoms with Crippen LogP contribution in [0.1, 0.15) is 34.1 Å². The molecule has 0 saturated carbocycles. The lowest BCUT2D eigenvalue weighted by Gasteiger charge is -2.44. The van der Waals surface area contributed by atoms with Crippen LogP contribution in [0, 0.1) is 15.4 Å². The van der Waals surface area contributed by atoms with Crippen molar-refractivity contribution in [2.75, 3.05) is 18.0 Å². The molecule has 118 valence electrons. The lowest BCUT2D eigenvalue weighted by Crippen LogP contribution is -2.59. The molecule has 4 heteroatoms. The molecule has 21 heavy (non-hydrogen) atoms. The van der Waals surface area contributed by atoms with Crippen LogP contribution in [0.15, 0.2) is 18.2 Å². The third kappa shape index (κ3) is 4.49. The lowest BCUT2D eigenvalue weighted by atomic mass is 9.94. The fraction of sp³-hybridized carbons (Fsp3) is 0.647. The van der Waals surface area contributed by atoms with Crippen molar-refractivity contribution in [1.82, 2.24) is 5.32 Å². The maximum absolute atomic E-state index is 6.12. The van der Waals surface area contributed by atoms with Crippen molar-refractivity contribution in [3.63, 3.8) is 0 Å². The SMILES string of the molecule is CC(C)CC1CN(c2ccc(Cl)cc2I)C(C(C)C)CN1. The number of benzene rings is 1. The Morgan fingerprint density at radius 1 is 1.33 bits per heavy atom. The quantitative estimate of drug-likeness (QED) is 0.704. The Hall–Kier alpha value is -0.0000000000000000763. The van der Waals surface area contributed by atoms with Crippen LogP contribution in [-0.4, -0.2) is 25.2 Å². The first-order valence-corrected chi connectivity index (χ1v) is 9.29. The zero-order valence-electron chi connectivity index (χ0n) is 13.4. The first-order valence-electron chi connectivity index (χ1n) is 7.83. The molecule has 0 bridgehead atoms. The van der Waals surface area contributed by atoms with Gasteiger partial charge in [0.2, 0.25) is 0 Å². The Balaban J connectivity index is 2.25. The van der Waals surface area contributed by atoms with Crippen molar-refractivity contribution in [3.8, 4) is 0 Å². The Morgan fingerprint density at radius 3 is 2.62 bits per heavy atom. The van der Waals surface area contributed by atoms with Gasteiger partial charge in [0.15, 0.2) is 0 Å². The molecule has 0 amide bonds. The summed E-state index contributed by atoms with van der Waals surface area (Å²) in [4.78, 5) is 2.59. The van der Waals surface area contributed by atoms with E-state index in [9.17, 15) is 0 Å². The van der Waals surface area contributed by atoms with Crippen molar-refractivity contribution in [1.29, 1.82) is 0 Å². The summed E-state index contributed by atoms with van der Waals surface area (Å²) in [5.41, 5.74) is 1.33. The minimum Gasteiger partial charge on any atom is -0.365 e. The second-order valence-electron chi connectivity index (χ2n) is 6.79. The number of hydrogen-bond donors (Lipinski definition) is 1. The Morgan fingerprint density at radius 2 is 2.05 bits per heavy atom. The molecule has 0 aliphatic carbocycles. The van der Waals surface area contributed by atoms with Crippen LogP contribution in [0.5, 0.6) is 0 Å². The molecule has 1 aliphatic heterocycles. The molecular formula is C17H26ClIN2. The van der Waals surface area contributed by atoms with Gasteiger partial charge in [0.05, 0.1) is 5.69 Å². The van der Waals surface area contributed by atoms with E-state index >= 15 is 0 Å². The summed E-state index contributed by atoms with van der Waals surface area (Å²) in [5, 5.41) is 4.56.